The highest BCUT2D eigenvalue weighted by atomic mass is 35.5. The van der Waals surface area contributed by atoms with E-state index in [4.69, 9.17) is 52.9 Å². The van der Waals surface area contributed by atoms with Gasteiger partial charge >= 0.3 is 0 Å². The van der Waals surface area contributed by atoms with Crippen molar-refractivity contribution in [3.8, 4) is 56.1 Å². The molecule has 7 heterocycles. The summed E-state index contributed by atoms with van der Waals surface area (Å²) < 4.78 is 39.3. The van der Waals surface area contributed by atoms with Gasteiger partial charge in [-0.25, -0.2) is 34.3 Å². The van der Waals surface area contributed by atoms with Gasteiger partial charge in [0.1, 0.15) is 48.3 Å². The topological polar surface area (TPSA) is 159 Å². The van der Waals surface area contributed by atoms with E-state index in [1.165, 1.54) is 56.0 Å². The van der Waals surface area contributed by atoms with Crippen molar-refractivity contribution < 1.29 is 23.3 Å². The molecule has 1 fully saturated rings. The summed E-state index contributed by atoms with van der Waals surface area (Å²) in [5.74, 6) is 2.60. The normalized spacial score (nSPS) is 14.1. The second kappa shape index (κ2) is 23.3. The van der Waals surface area contributed by atoms with Gasteiger partial charge in [0, 0.05) is 80.3 Å². The van der Waals surface area contributed by atoms with Gasteiger partial charge in [0.25, 0.3) is 0 Å². The predicted molar refractivity (Wildman–Crippen MR) is 266 cm³/mol. The lowest BCUT2D eigenvalue weighted by molar-refractivity contribution is 0.181. The van der Waals surface area contributed by atoms with Gasteiger partial charge in [0.05, 0.1) is 33.3 Å². The largest absolute Gasteiger partial charge is 0.490 e. The minimum absolute atomic E-state index is 0.169. The molecule has 3 aliphatic rings. The molecule has 0 spiro atoms. The van der Waals surface area contributed by atoms with Crippen molar-refractivity contribution in [1.82, 2.24) is 39.7 Å². The minimum atomic E-state index is -0.339. The van der Waals surface area contributed by atoms with Crippen molar-refractivity contribution in [3.63, 3.8) is 0 Å². The average molecular weight is 970 g/mol. The molecule has 0 amide bonds. The Morgan fingerprint density at radius 2 is 1.49 bits per heavy atom. The number of nitrogens with zero attached hydrogens (tertiary/aromatic N) is 8. The van der Waals surface area contributed by atoms with Crippen LogP contribution in [0.4, 0.5) is 10.3 Å². The molecule has 14 nitrogen and oxygen atoms in total. The van der Waals surface area contributed by atoms with Crippen LogP contribution in [0.25, 0.3) is 43.2 Å². The third-order valence-corrected chi connectivity index (χ3v) is 13.1. The molecule has 3 aliphatic heterocycles. The molecule has 0 unspecified atom stereocenters. The molecule has 7 aromatic rings. The third kappa shape index (κ3) is 11.9. The molecule has 18 heteroatoms. The number of likely N-dealkylation sites (N-methyl/N-ethyl adjacent to an activating group) is 2. The summed E-state index contributed by atoms with van der Waals surface area (Å²) in [6, 6.07) is 13.7. The van der Waals surface area contributed by atoms with Gasteiger partial charge in [-0.3, -0.25) is 0 Å². The lowest BCUT2D eigenvalue weighted by atomic mass is 9.92. The maximum atomic E-state index is 14.1. The Bertz CT molecular complexity index is 2720. The van der Waals surface area contributed by atoms with E-state index in [9.17, 15) is 4.39 Å². The molecule has 0 aliphatic carbocycles. The van der Waals surface area contributed by atoms with Crippen LogP contribution in [-0.4, -0.2) is 113 Å². The zero-order valence-electron chi connectivity index (χ0n) is 38.5. The third-order valence-electron chi connectivity index (χ3n) is 11.0. The first-order valence-electron chi connectivity index (χ1n) is 22.2. The average Bonchev–Trinajstić information content (AvgIpc) is 3.74. The Balaban J connectivity index is 0.000000598. The Labute approximate surface area is 404 Å². The van der Waals surface area contributed by atoms with Crippen molar-refractivity contribution in [2.24, 2.45) is 5.73 Å². The van der Waals surface area contributed by atoms with Gasteiger partial charge in [0.2, 0.25) is 11.8 Å². The van der Waals surface area contributed by atoms with Crippen LogP contribution in [0.3, 0.4) is 0 Å². The molecule has 1 saturated heterocycles. The van der Waals surface area contributed by atoms with Crippen LogP contribution in [0.2, 0.25) is 10.0 Å². The molecule has 0 radical (unpaired) electrons. The molecule has 352 valence electrons. The van der Waals surface area contributed by atoms with Crippen LogP contribution in [0.1, 0.15) is 36.2 Å². The number of thiophene rings is 1. The summed E-state index contributed by atoms with van der Waals surface area (Å²) in [4.78, 5) is 33.3. The molecule has 4 aromatic heterocycles. The van der Waals surface area contributed by atoms with Crippen molar-refractivity contribution in [3.05, 3.63) is 112 Å². The van der Waals surface area contributed by atoms with Crippen molar-refractivity contribution in [2.45, 2.75) is 40.7 Å². The Hall–Kier alpha value is -5.75. The maximum Gasteiger partial charge on any atom is 0.226 e. The number of halogens is 3. The number of nitrogens with two attached hydrogens (primary N) is 1. The first-order valence-corrected chi connectivity index (χ1v) is 23.8. The Kier molecular flexibility index (Phi) is 17.1. The summed E-state index contributed by atoms with van der Waals surface area (Å²) in [5, 5.41) is 4.48. The highest BCUT2D eigenvalue weighted by Gasteiger charge is 2.28. The molecular formula is C49H55Cl2FN10O4S. The van der Waals surface area contributed by atoms with E-state index in [2.05, 4.69) is 54.1 Å². The number of ether oxygens (including phenoxy) is 4. The fourth-order valence-electron chi connectivity index (χ4n) is 7.43. The van der Waals surface area contributed by atoms with Gasteiger partial charge in [-0.15, -0.1) is 11.3 Å². The van der Waals surface area contributed by atoms with Gasteiger partial charge in [-0.1, -0.05) is 49.2 Å². The maximum absolute atomic E-state index is 14.1. The van der Waals surface area contributed by atoms with Crippen molar-refractivity contribution >= 4 is 50.7 Å². The standard InChI is InChI=1S/C41H35Cl2FN8O4S.C6H14N2.C2H6/c1-22-31-23(2)35(43)36(34(22)42)54-16-15-53-29-7-8-30(56-20-28-9-12-46-38(52-28)26-18-48-41(49-19-26)47-13-11-45)25(17-29)10-14-55-39-33-32(31)37(57-40(33)51-21-50-39)24-3-5-27(44)6-4-24;1-7-3-5-8(2)6-4-7;1-2/h3-9,12,17-19,21H,10-11,13-16,20,45H2,1-2H3,(H,47,48,49);3-6H2,1-2H3;1-2H3. The van der Waals surface area contributed by atoms with Gasteiger partial charge in [0.15, 0.2) is 11.6 Å². The van der Waals surface area contributed by atoms with E-state index >= 15 is 0 Å². The zero-order chi connectivity index (χ0) is 47.5. The van der Waals surface area contributed by atoms with E-state index in [1.54, 1.807) is 36.8 Å². The summed E-state index contributed by atoms with van der Waals surface area (Å²) in [6.45, 7) is 14.6. The molecule has 0 saturated carbocycles. The highest BCUT2D eigenvalue weighted by Crippen LogP contribution is 2.52. The number of benzene rings is 3. The molecule has 0 atom stereocenters. The van der Waals surface area contributed by atoms with E-state index in [0.717, 1.165) is 38.3 Å². The number of hydrogen-bond acceptors (Lipinski definition) is 15. The highest BCUT2D eigenvalue weighted by molar-refractivity contribution is 7.22. The minimum Gasteiger partial charge on any atom is -0.490 e. The summed E-state index contributed by atoms with van der Waals surface area (Å²) in [7, 11) is 4.35. The van der Waals surface area contributed by atoms with E-state index in [1.807, 2.05) is 45.9 Å². The lowest BCUT2D eigenvalue weighted by Gasteiger charge is -2.28. The van der Waals surface area contributed by atoms with Crippen LogP contribution >= 0.6 is 34.5 Å². The number of fused-ring (bicyclic) bond motifs is 7. The monoisotopic (exact) mass is 968 g/mol. The van der Waals surface area contributed by atoms with Crippen LogP contribution in [-0.2, 0) is 13.0 Å². The number of aromatic nitrogens is 6. The summed E-state index contributed by atoms with van der Waals surface area (Å²) in [5.41, 5.74) is 11.6. The number of hydrogen-bond donors (Lipinski definition) is 2. The number of anilines is 1. The van der Waals surface area contributed by atoms with Crippen LogP contribution in [0.15, 0.2) is 73.4 Å². The SMILES string of the molecule is CC.CN1CCN(C)CC1.Cc1c(Cl)c2c(Cl)c(C)c1-c1c(-c3ccc(F)cc3)sc3ncnc(c13)OCCc1cc(ccc1OCc1ccnc(-c3cnc(NCCN)nc3)n1)OCCO2. The number of nitrogens with one attached hydrogen (secondary N) is 1. The fourth-order valence-corrected chi connectivity index (χ4v) is 9.11. The zero-order valence-corrected chi connectivity index (χ0v) is 40.9. The van der Waals surface area contributed by atoms with Crippen molar-refractivity contribution in [2.75, 3.05) is 78.5 Å². The molecule has 4 bridgehead atoms. The number of piperazine rings is 1. The predicted octanol–water partition coefficient (Wildman–Crippen LogP) is 9.57. The van der Waals surface area contributed by atoms with Crippen molar-refractivity contribution in [1.29, 1.82) is 0 Å². The van der Waals surface area contributed by atoms with E-state index in [0.29, 0.717) is 85.9 Å². The van der Waals surface area contributed by atoms with E-state index in [-0.39, 0.29) is 32.2 Å². The second-order valence-electron chi connectivity index (χ2n) is 15.6. The molecule has 3 N–H and O–H groups in total. The first-order chi connectivity index (χ1) is 32.6. The smallest absolute Gasteiger partial charge is 0.226 e. The second-order valence-corrected chi connectivity index (χ2v) is 17.4. The molecule has 3 aromatic carbocycles. The first kappa shape index (κ1) is 49.2. The van der Waals surface area contributed by atoms with Gasteiger partial charge < -0.3 is 39.8 Å². The Morgan fingerprint density at radius 3 is 2.18 bits per heavy atom. The molecule has 67 heavy (non-hydrogen) atoms. The fraction of sp³-hybridized carbons (Fsp3) is 0.347. The van der Waals surface area contributed by atoms with E-state index < -0.39 is 0 Å². The molecular weight excluding hydrogens is 915 g/mol. The van der Waals surface area contributed by atoms with Crippen LogP contribution < -0.4 is 30.0 Å². The summed E-state index contributed by atoms with van der Waals surface area (Å²) in [6.07, 6.45) is 6.91. The van der Waals surface area contributed by atoms with Gasteiger partial charge in [-0.2, -0.15) is 0 Å². The van der Waals surface area contributed by atoms with Crippen LogP contribution in [0, 0.1) is 19.7 Å². The number of rotatable bonds is 8. The quantitative estimate of drug-likeness (QED) is 0.148. The molecule has 10 rings (SSSR count). The van der Waals surface area contributed by atoms with Gasteiger partial charge in [-0.05, 0) is 86.6 Å². The van der Waals surface area contributed by atoms with Crippen LogP contribution in [0.5, 0.6) is 23.1 Å². The lowest BCUT2D eigenvalue weighted by Crippen LogP contribution is -2.42. The Morgan fingerprint density at radius 1 is 0.806 bits per heavy atom. The summed E-state index contributed by atoms with van der Waals surface area (Å²) >= 11 is 15.5.